The number of furan rings is 1. The molecule has 8 nitrogen and oxygen atoms in total. The number of aromatic nitrogens is 2. The highest BCUT2D eigenvalue weighted by Crippen LogP contribution is 2.36. The number of hydrogen-bond donors (Lipinski definition) is 2. The molecule has 31 heavy (non-hydrogen) atoms. The Balaban J connectivity index is 1.56. The van der Waals surface area contributed by atoms with E-state index in [-0.39, 0.29) is 13.0 Å². The summed E-state index contributed by atoms with van der Waals surface area (Å²) < 4.78 is 7.54. The van der Waals surface area contributed by atoms with E-state index in [0.29, 0.717) is 17.1 Å². The minimum absolute atomic E-state index is 0.0185. The van der Waals surface area contributed by atoms with Crippen molar-refractivity contribution in [3.8, 4) is 11.4 Å². The maximum atomic E-state index is 13.1. The summed E-state index contributed by atoms with van der Waals surface area (Å²) in [6.45, 7) is 0.0185. The van der Waals surface area contributed by atoms with Crippen LogP contribution in [0.1, 0.15) is 54.9 Å². The summed E-state index contributed by atoms with van der Waals surface area (Å²) in [7, 11) is 0. The number of fused-ring (bicyclic) bond motifs is 1. The van der Waals surface area contributed by atoms with Crippen LogP contribution in [0, 0.1) is 0 Å². The number of benzene rings is 1. The number of carboxylic acid groups (broad SMARTS) is 1. The lowest BCUT2D eigenvalue weighted by Crippen LogP contribution is -2.40. The molecule has 1 saturated carbocycles. The molecule has 0 radical (unpaired) electrons. The SMILES string of the molecule is O=C(O)[C@@H]1C[C@H](O)CN1C(=O)c1ccc2c(c1)nc(-c1ccoc1)n2C1CCCCC1. The molecule has 1 aliphatic carbocycles. The molecular weight excluding hydrogens is 398 g/mol. The van der Waals surface area contributed by atoms with Crippen LogP contribution in [0.3, 0.4) is 0 Å². The number of carbonyl (C=O) groups is 2. The minimum atomic E-state index is -1.10. The highest BCUT2D eigenvalue weighted by atomic mass is 16.4. The van der Waals surface area contributed by atoms with Gasteiger partial charge in [-0.15, -0.1) is 0 Å². The number of hydrogen-bond acceptors (Lipinski definition) is 5. The Morgan fingerprint density at radius 3 is 2.65 bits per heavy atom. The minimum Gasteiger partial charge on any atom is -0.480 e. The zero-order valence-electron chi connectivity index (χ0n) is 17.1. The van der Waals surface area contributed by atoms with Gasteiger partial charge in [0.25, 0.3) is 5.91 Å². The lowest BCUT2D eigenvalue weighted by Gasteiger charge is -2.25. The number of likely N-dealkylation sites (tertiary alicyclic amines) is 1. The summed E-state index contributed by atoms with van der Waals surface area (Å²) in [5.74, 6) is -0.682. The molecule has 0 bridgehead atoms. The number of β-amino-alcohol motifs (C(OH)–C–C–N with tert-alkyl or cyclic N) is 1. The first-order chi connectivity index (χ1) is 15.0. The Bertz CT molecular complexity index is 1110. The fraction of sp³-hybridized carbons (Fsp3) is 0.435. The first-order valence-corrected chi connectivity index (χ1v) is 10.8. The van der Waals surface area contributed by atoms with Crippen LogP contribution in [-0.2, 0) is 4.79 Å². The van der Waals surface area contributed by atoms with Crippen LogP contribution in [0.25, 0.3) is 22.4 Å². The van der Waals surface area contributed by atoms with E-state index >= 15 is 0 Å². The van der Waals surface area contributed by atoms with Gasteiger partial charge in [0.15, 0.2) is 0 Å². The first-order valence-electron chi connectivity index (χ1n) is 10.8. The standard InChI is InChI=1S/C23H25N3O5/c27-17-11-20(23(29)30)25(12-17)22(28)14-6-7-19-18(10-14)24-21(15-8-9-31-13-15)26(19)16-4-2-1-3-5-16/h6-10,13,16-17,20,27H,1-5,11-12H2,(H,29,30)/t17-,20-/m0/s1. The number of aliphatic carboxylic acids is 1. The zero-order valence-corrected chi connectivity index (χ0v) is 17.1. The summed E-state index contributed by atoms with van der Waals surface area (Å²) in [5.41, 5.74) is 2.92. The molecule has 0 unspecified atom stereocenters. The normalized spacial score (nSPS) is 22.3. The molecule has 2 fully saturated rings. The molecule has 1 aliphatic heterocycles. The molecule has 1 amide bonds. The van der Waals surface area contributed by atoms with Crippen molar-refractivity contribution in [3.05, 3.63) is 42.4 Å². The third-order valence-corrected chi connectivity index (χ3v) is 6.48. The van der Waals surface area contributed by atoms with Crippen LogP contribution in [-0.4, -0.2) is 55.2 Å². The number of nitrogens with zero attached hydrogens (tertiary/aromatic N) is 3. The van der Waals surface area contributed by atoms with Gasteiger partial charge in [-0.05, 0) is 37.1 Å². The number of aliphatic hydroxyl groups excluding tert-OH is 1. The third kappa shape index (κ3) is 3.50. The summed E-state index contributed by atoms with van der Waals surface area (Å²) in [6.07, 6.45) is 8.30. The second kappa shape index (κ2) is 7.85. The summed E-state index contributed by atoms with van der Waals surface area (Å²) in [6, 6.07) is 6.57. The van der Waals surface area contributed by atoms with Gasteiger partial charge < -0.3 is 24.1 Å². The van der Waals surface area contributed by atoms with Crippen molar-refractivity contribution < 1.29 is 24.2 Å². The Kier molecular flexibility index (Phi) is 5.02. The van der Waals surface area contributed by atoms with Gasteiger partial charge in [-0.2, -0.15) is 0 Å². The Labute approximate surface area is 179 Å². The Hall–Kier alpha value is -3.13. The van der Waals surface area contributed by atoms with E-state index in [1.165, 1.54) is 24.2 Å². The van der Waals surface area contributed by atoms with Crippen molar-refractivity contribution in [1.29, 1.82) is 0 Å². The Morgan fingerprint density at radius 2 is 1.94 bits per heavy atom. The monoisotopic (exact) mass is 423 g/mol. The van der Waals surface area contributed by atoms with Crippen molar-refractivity contribution in [1.82, 2.24) is 14.5 Å². The fourth-order valence-electron chi connectivity index (χ4n) is 4.97. The van der Waals surface area contributed by atoms with Gasteiger partial charge in [0.2, 0.25) is 0 Å². The fourth-order valence-corrected chi connectivity index (χ4v) is 4.97. The van der Waals surface area contributed by atoms with Gasteiger partial charge in [0, 0.05) is 24.6 Å². The van der Waals surface area contributed by atoms with E-state index in [0.717, 1.165) is 29.7 Å². The number of rotatable bonds is 4. The van der Waals surface area contributed by atoms with Crippen LogP contribution < -0.4 is 0 Å². The average molecular weight is 423 g/mol. The molecule has 2 aromatic heterocycles. The van der Waals surface area contributed by atoms with Gasteiger partial charge in [0.1, 0.15) is 18.1 Å². The molecule has 1 saturated heterocycles. The first kappa shape index (κ1) is 19.8. The molecule has 3 aromatic rings. The predicted octanol–water partition coefficient (Wildman–Crippen LogP) is 3.46. The van der Waals surface area contributed by atoms with E-state index in [9.17, 15) is 19.8 Å². The van der Waals surface area contributed by atoms with E-state index in [2.05, 4.69) is 4.57 Å². The second-order valence-electron chi connectivity index (χ2n) is 8.51. The molecule has 8 heteroatoms. The van der Waals surface area contributed by atoms with Gasteiger partial charge in [-0.1, -0.05) is 19.3 Å². The van der Waals surface area contributed by atoms with Gasteiger partial charge in [-0.25, -0.2) is 9.78 Å². The number of carboxylic acids is 1. The van der Waals surface area contributed by atoms with E-state index in [1.54, 1.807) is 24.7 Å². The molecule has 2 aliphatic rings. The predicted molar refractivity (Wildman–Crippen MR) is 113 cm³/mol. The van der Waals surface area contributed by atoms with Crippen LogP contribution in [0.15, 0.2) is 41.2 Å². The number of amides is 1. The maximum Gasteiger partial charge on any atom is 0.326 e. The molecule has 1 aromatic carbocycles. The van der Waals surface area contributed by atoms with Gasteiger partial charge in [-0.3, -0.25) is 4.79 Å². The molecule has 2 N–H and O–H groups in total. The summed E-state index contributed by atoms with van der Waals surface area (Å²) in [5, 5.41) is 19.3. The quantitative estimate of drug-likeness (QED) is 0.665. The van der Waals surface area contributed by atoms with Crippen LogP contribution in [0.2, 0.25) is 0 Å². The topological polar surface area (TPSA) is 109 Å². The molecule has 5 rings (SSSR count). The van der Waals surface area contributed by atoms with Crippen molar-refractivity contribution in [2.75, 3.05) is 6.54 Å². The van der Waals surface area contributed by atoms with Gasteiger partial charge in [0.05, 0.1) is 29.0 Å². The lowest BCUT2D eigenvalue weighted by molar-refractivity contribution is -0.141. The zero-order chi connectivity index (χ0) is 21.5. The largest absolute Gasteiger partial charge is 0.480 e. The smallest absolute Gasteiger partial charge is 0.326 e. The van der Waals surface area contributed by atoms with Gasteiger partial charge >= 0.3 is 5.97 Å². The highest BCUT2D eigenvalue weighted by molar-refractivity contribution is 6.00. The Morgan fingerprint density at radius 1 is 1.13 bits per heavy atom. The molecule has 0 spiro atoms. The summed E-state index contributed by atoms with van der Waals surface area (Å²) in [4.78, 5) is 30.7. The van der Waals surface area contributed by atoms with Crippen molar-refractivity contribution in [2.24, 2.45) is 0 Å². The molecule has 162 valence electrons. The number of carbonyl (C=O) groups excluding carboxylic acids is 1. The van der Waals surface area contributed by atoms with E-state index in [4.69, 9.17) is 9.40 Å². The number of aliphatic hydroxyl groups is 1. The third-order valence-electron chi connectivity index (χ3n) is 6.48. The summed E-state index contributed by atoms with van der Waals surface area (Å²) >= 11 is 0. The van der Waals surface area contributed by atoms with Crippen LogP contribution in [0.5, 0.6) is 0 Å². The van der Waals surface area contributed by atoms with Crippen molar-refractivity contribution in [2.45, 2.75) is 56.7 Å². The second-order valence-corrected chi connectivity index (χ2v) is 8.51. The molecule has 3 heterocycles. The van der Waals surface area contributed by atoms with Crippen LogP contribution >= 0.6 is 0 Å². The van der Waals surface area contributed by atoms with E-state index in [1.807, 2.05) is 12.1 Å². The van der Waals surface area contributed by atoms with E-state index < -0.39 is 24.0 Å². The number of imidazole rings is 1. The molecule has 2 atom stereocenters. The molecular formula is C23H25N3O5. The maximum absolute atomic E-state index is 13.1. The highest BCUT2D eigenvalue weighted by Gasteiger charge is 2.39. The lowest BCUT2D eigenvalue weighted by atomic mass is 9.95. The average Bonchev–Trinajstić information content (AvgIpc) is 3.51. The van der Waals surface area contributed by atoms with Crippen molar-refractivity contribution in [3.63, 3.8) is 0 Å². The van der Waals surface area contributed by atoms with Crippen LogP contribution in [0.4, 0.5) is 0 Å². The van der Waals surface area contributed by atoms with Crippen molar-refractivity contribution >= 4 is 22.9 Å².